The van der Waals surface area contributed by atoms with Crippen LogP contribution in [-0.4, -0.2) is 7.11 Å². The Kier molecular flexibility index (Phi) is 3.71. The molecule has 0 aromatic heterocycles. The fraction of sp³-hybridized carbons (Fsp3) is 0.294. The number of rotatable bonds is 3. The number of ether oxygens (including phenoxy) is 2. The van der Waals surface area contributed by atoms with Crippen molar-refractivity contribution in [3.8, 4) is 17.2 Å². The summed E-state index contributed by atoms with van der Waals surface area (Å²) in [4.78, 5) is 0. The lowest BCUT2D eigenvalue weighted by atomic mass is 9.98. The molecular formula is C17H19N3O2. The van der Waals surface area contributed by atoms with Crippen molar-refractivity contribution in [2.75, 3.05) is 12.8 Å². The third-order valence-corrected chi connectivity index (χ3v) is 3.86. The summed E-state index contributed by atoms with van der Waals surface area (Å²) in [6.07, 6.45) is 1.68. The minimum Gasteiger partial charge on any atom is -0.497 e. The van der Waals surface area contributed by atoms with Crippen molar-refractivity contribution in [3.05, 3.63) is 35.4 Å². The van der Waals surface area contributed by atoms with Crippen molar-refractivity contribution in [2.45, 2.75) is 26.7 Å². The zero-order valence-corrected chi connectivity index (χ0v) is 13.0. The molecule has 3 rings (SSSR count). The molecule has 0 amide bonds. The quantitative estimate of drug-likeness (QED) is 0.697. The van der Waals surface area contributed by atoms with Gasteiger partial charge in [0, 0.05) is 17.3 Å². The number of anilines is 1. The van der Waals surface area contributed by atoms with E-state index in [0.29, 0.717) is 17.1 Å². The molecule has 1 aliphatic rings. The Bertz CT molecular complexity index is 754. The Morgan fingerprint density at radius 2 is 1.77 bits per heavy atom. The van der Waals surface area contributed by atoms with Crippen LogP contribution in [0.25, 0.3) is 0 Å². The van der Waals surface area contributed by atoms with E-state index in [1.165, 1.54) is 0 Å². The normalized spacial score (nSPS) is 12.1. The van der Waals surface area contributed by atoms with Gasteiger partial charge in [-0.3, -0.25) is 0 Å². The highest BCUT2D eigenvalue weighted by molar-refractivity contribution is 5.71. The fourth-order valence-corrected chi connectivity index (χ4v) is 2.75. The molecule has 0 saturated carbocycles. The standard InChI is InChI=1S/C17H19N3O2/c1-4-11-12(5-2)17-15(9-13(11)18)20-19-14-7-6-10(21-3)8-16(14)22-17/h6-9H,4-5,18H2,1-3H3. The second-order valence-electron chi connectivity index (χ2n) is 5.11. The second-order valence-corrected chi connectivity index (χ2v) is 5.11. The Morgan fingerprint density at radius 3 is 2.45 bits per heavy atom. The van der Waals surface area contributed by atoms with Crippen molar-refractivity contribution in [1.82, 2.24) is 0 Å². The lowest BCUT2D eigenvalue weighted by molar-refractivity contribution is 0.409. The molecule has 0 unspecified atom stereocenters. The summed E-state index contributed by atoms with van der Waals surface area (Å²) in [6.45, 7) is 4.18. The third-order valence-electron chi connectivity index (χ3n) is 3.86. The van der Waals surface area contributed by atoms with Gasteiger partial charge in [-0.05, 0) is 36.6 Å². The minimum absolute atomic E-state index is 0.642. The highest BCUT2D eigenvalue weighted by Gasteiger charge is 2.20. The summed E-state index contributed by atoms with van der Waals surface area (Å²) in [5, 5.41) is 8.57. The molecule has 2 N–H and O–H groups in total. The monoisotopic (exact) mass is 297 g/mol. The molecule has 2 aromatic rings. The Balaban J connectivity index is 2.20. The first-order chi connectivity index (χ1) is 10.7. The molecule has 5 heteroatoms. The molecule has 0 bridgehead atoms. The van der Waals surface area contributed by atoms with E-state index in [1.807, 2.05) is 24.3 Å². The maximum atomic E-state index is 6.16. The predicted octanol–water partition coefficient (Wildman–Crippen LogP) is 4.92. The first-order valence-electron chi connectivity index (χ1n) is 7.39. The number of nitrogens with zero attached hydrogens (tertiary/aromatic N) is 2. The van der Waals surface area contributed by atoms with Gasteiger partial charge in [0.15, 0.2) is 11.5 Å². The van der Waals surface area contributed by atoms with Gasteiger partial charge in [0.2, 0.25) is 0 Å². The third kappa shape index (κ3) is 2.28. The lowest BCUT2D eigenvalue weighted by Crippen LogP contribution is -2.01. The van der Waals surface area contributed by atoms with Crippen LogP contribution < -0.4 is 15.2 Å². The number of fused-ring (bicyclic) bond motifs is 2. The summed E-state index contributed by atoms with van der Waals surface area (Å²) >= 11 is 0. The van der Waals surface area contributed by atoms with Gasteiger partial charge >= 0.3 is 0 Å². The van der Waals surface area contributed by atoms with Crippen LogP contribution in [0.5, 0.6) is 17.2 Å². The van der Waals surface area contributed by atoms with Crippen molar-refractivity contribution >= 4 is 17.1 Å². The highest BCUT2D eigenvalue weighted by Crippen LogP contribution is 2.46. The summed E-state index contributed by atoms with van der Waals surface area (Å²) in [7, 11) is 1.63. The zero-order valence-electron chi connectivity index (χ0n) is 13.0. The fourth-order valence-electron chi connectivity index (χ4n) is 2.75. The average molecular weight is 297 g/mol. The molecule has 0 aliphatic carbocycles. The second kappa shape index (κ2) is 5.67. The molecule has 2 aromatic carbocycles. The van der Waals surface area contributed by atoms with Crippen LogP contribution in [0.2, 0.25) is 0 Å². The maximum absolute atomic E-state index is 6.16. The van der Waals surface area contributed by atoms with E-state index in [0.717, 1.165) is 41.2 Å². The summed E-state index contributed by atoms with van der Waals surface area (Å²) < 4.78 is 11.4. The number of nitrogens with two attached hydrogens (primary N) is 1. The van der Waals surface area contributed by atoms with E-state index in [1.54, 1.807) is 7.11 Å². The van der Waals surface area contributed by atoms with Crippen molar-refractivity contribution in [3.63, 3.8) is 0 Å². The van der Waals surface area contributed by atoms with Crippen LogP contribution in [0.4, 0.5) is 17.1 Å². The van der Waals surface area contributed by atoms with Gasteiger partial charge in [-0.2, -0.15) is 0 Å². The number of hydrogen-bond acceptors (Lipinski definition) is 5. The van der Waals surface area contributed by atoms with Gasteiger partial charge in [-0.1, -0.05) is 13.8 Å². The van der Waals surface area contributed by atoms with E-state index < -0.39 is 0 Å². The molecule has 1 aliphatic heterocycles. The number of nitrogen functional groups attached to an aromatic ring is 1. The molecule has 1 heterocycles. The van der Waals surface area contributed by atoms with Gasteiger partial charge in [0.05, 0.1) is 7.11 Å². The Hall–Kier alpha value is -2.56. The van der Waals surface area contributed by atoms with Crippen molar-refractivity contribution < 1.29 is 9.47 Å². The van der Waals surface area contributed by atoms with Crippen LogP contribution in [0, 0.1) is 0 Å². The Labute approximate surface area is 129 Å². The molecule has 114 valence electrons. The SMILES string of the molecule is CCc1c(N)cc2c(c1CC)Oc1cc(OC)ccc1N=N2. The maximum Gasteiger partial charge on any atom is 0.158 e. The number of azo groups is 1. The summed E-state index contributed by atoms with van der Waals surface area (Å²) in [5.74, 6) is 2.11. The van der Waals surface area contributed by atoms with E-state index in [2.05, 4.69) is 24.1 Å². The molecule has 0 spiro atoms. The molecule has 0 atom stereocenters. The van der Waals surface area contributed by atoms with Gasteiger partial charge < -0.3 is 15.2 Å². The van der Waals surface area contributed by atoms with E-state index >= 15 is 0 Å². The van der Waals surface area contributed by atoms with Gasteiger partial charge in [-0.25, -0.2) is 0 Å². The Morgan fingerprint density at radius 1 is 1.05 bits per heavy atom. The van der Waals surface area contributed by atoms with E-state index in [4.69, 9.17) is 15.2 Å². The molecule has 22 heavy (non-hydrogen) atoms. The number of methoxy groups -OCH3 is 1. The lowest BCUT2D eigenvalue weighted by Gasteiger charge is -2.17. The molecule has 0 fully saturated rings. The van der Waals surface area contributed by atoms with Gasteiger partial charge in [-0.15, -0.1) is 10.2 Å². The topological polar surface area (TPSA) is 69.2 Å². The summed E-state index contributed by atoms with van der Waals surface area (Å²) in [5.41, 5.74) is 10.4. The minimum atomic E-state index is 0.642. The number of hydrogen-bond donors (Lipinski definition) is 1. The van der Waals surface area contributed by atoms with Crippen molar-refractivity contribution in [2.24, 2.45) is 10.2 Å². The molecule has 0 radical (unpaired) electrons. The van der Waals surface area contributed by atoms with Crippen LogP contribution in [-0.2, 0) is 12.8 Å². The van der Waals surface area contributed by atoms with Gasteiger partial charge in [0.25, 0.3) is 0 Å². The van der Waals surface area contributed by atoms with Crippen LogP contribution in [0.15, 0.2) is 34.5 Å². The highest BCUT2D eigenvalue weighted by atomic mass is 16.5. The largest absolute Gasteiger partial charge is 0.497 e. The zero-order chi connectivity index (χ0) is 15.7. The van der Waals surface area contributed by atoms with Crippen LogP contribution in [0.1, 0.15) is 25.0 Å². The van der Waals surface area contributed by atoms with Crippen LogP contribution in [0.3, 0.4) is 0 Å². The predicted molar refractivity (Wildman–Crippen MR) is 86.9 cm³/mol. The van der Waals surface area contributed by atoms with E-state index in [-0.39, 0.29) is 0 Å². The summed E-state index contributed by atoms with van der Waals surface area (Å²) in [6, 6.07) is 7.33. The first kappa shape index (κ1) is 14.4. The van der Waals surface area contributed by atoms with Crippen LogP contribution >= 0.6 is 0 Å². The molecular weight excluding hydrogens is 278 g/mol. The average Bonchev–Trinajstić information content (AvgIpc) is 2.71. The van der Waals surface area contributed by atoms with Gasteiger partial charge in [0.1, 0.15) is 17.1 Å². The molecule has 5 nitrogen and oxygen atoms in total. The molecule has 0 saturated heterocycles. The number of benzene rings is 2. The van der Waals surface area contributed by atoms with Crippen molar-refractivity contribution in [1.29, 1.82) is 0 Å². The smallest absolute Gasteiger partial charge is 0.158 e. The van der Waals surface area contributed by atoms with E-state index in [9.17, 15) is 0 Å². The first-order valence-corrected chi connectivity index (χ1v) is 7.39.